The van der Waals surface area contributed by atoms with Crippen molar-refractivity contribution in [2.45, 2.75) is 44.1 Å². The molecule has 1 fully saturated rings. The number of hydrogen-bond donors (Lipinski definition) is 3. The van der Waals surface area contributed by atoms with Crippen molar-refractivity contribution in [2.75, 3.05) is 0 Å². The zero-order valence-electron chi connectivity index (χ0n) is 11.4. The van der Waals surface area contributed by atoms with Gasteiger partial charge in [-0.2, -0.15) is 5.10 Å². The van der Waals surface area contributed by atoms with Crippen LogP contribution in [-0.2, 0) is 6.42 Å². The van der Waals surface area contributed by atoms with Crippen LogP contribution in [0.25, 0.3) is 0 Å². The third-order valence-electron chi connectivity index (χ3n) is 3.99. The minimum Gasteiger partial charge on any atom is -0.508 e. The number of benzene rings is 1. The molecule has 1 atom stereocenters. The third kappa shape index (κ3) is 2.82. The third-order valence-corrected chi connectivity index (χ3v) is 3.99. The Kier molecular flexibility index (Phi) is 3.69. The van der Waals surface area contributed by atoms with E-state index < -0.39 is 0 Å². The normalized spacial score (nSPS) is 17.4. The summed E-state index contributed by atoms with van der Waals surface area (Å²) >= 11 is 0. The largest absolute Gasteiger partial charge is 0.508 e. The number of H-pyrrole nitrogens is 1. The molecule has 0 amide bonds. The van der Waals surface area contributed by atoms with Crippen molar-refractivity contribution in [3.8, 4) is 5.75 Å². The minimum atomic E-state index is -0.217. The van der Waals surface area contributed by atoms with Crippen molar-refractivity contribution in [2.24, 2.45) is 5.73 Å². The van der Waals surface area contributed by atoms with E-state index >= 15 is 0 Å². The van der Waals surface area contributed by atoms with E-state index in [0.717, 1.165) is 11.4 Å². The maximum Gasteiger partial charge on any atom is 0.167 e. The van der Waals surface area contributed by atoms with E-state index in [1.54, 1.807) is 12.1 Å². The fourth-order valence-electron chi connectivity index (χ4n) is 2.81. The Morgan fingerprint density at radius 3 is 2.65 bits per heavy atom. The molecule has 0 radical (unpaired) electrons. The van der Waals surface area contributed by atoms with Crippen LogP contribution in [0.1, 0.15) is 54.9 Å². The zero-order valence-corrected chi connectivity index (χ0v) is 11.4. The lowest BCUT2D eigenvalue weighted by Gasteiger charge is -2.08. The number of hydrogen-bond acceptors (Lipinski definition) is 4. The molecule has 1 aromatic heterocycles. The first-order chi connectivity index (χ1) is 9.72. The number of nitrogens with one attached hydrogen (secondary N) is 1. The molecule has 1 aromatic carbocycles. The molecule has 1 aliphatic rings. The van der Waals surface area contributed by atoms with Crippen LogP contribution in [0.5, 0.6) is 5.75 Å². The van der Waals surface area contributed by atoms with Crippen LogP contribution >= 0.6 is 0 Å². The number of aromatic amines is 1. The summed E-state index contributed by atoms with van der Waals surface area (Å²) in [4.78, 5) is 4.56. The summed E-state index contributed by atoms with van der Waals surface area (Å²) in [7, 11) is 0. The highest BCUT2D eigenvalue weighted by molar-refractivity contribution is 5.26. The van der Waals surface area contributed by atoms with Gasteiger partial charge in [-0.3, -0.25) is 5.10 Å². The van der Waals surface area contributed by atoms with Crippen molar-refractivity contribution >= 4 is 0 Å². The number of nitrogens with zero attached hydrogens (tertiary/aromatic N) is 2. The van der Waals surface area contributed by atoms with Gasteiger partial charge in [0.1, 0.15) is 11.6 Å². The smallest absolute Gasteiger partial charge is 0.167 e. The lowest BCUT2D eigenvalue weighted by atomic mass is 10.1. The zero-order chi connectivity index (χ0) is 13.9. The molecular weight excluding hydrogens is 252 g/mol. The highest BCUT2D eigenvalue weighted by atomic mass is 16.3. The van der Waals surface area contributed by atoms with Gasteiger partial charge >= 0.3 is 0 Å². The number of rotatable bonds is 4. The lowest BCUT2D eigenvalue weighted by molar-refractivity contribution is 0.475. The molecule has 0 bridgehead atoms. The quantitative estimate of drug-likeness (QED) is 0.797. The van der Waals surface area contributed by atoms with E-state index in [1.165, 1.54) is 25.7 Å². The molecule has 106 valence electrons. The molecule has 4 N–H and O–H groups in total. The fourth-order valence-corrected chi connectivity index (χ4v) is 2.81. The van der Waals surface area contributed by atoms with Gasteiger partial charge in [-0.1, -0.05) is 25.0 Å². The first kappa shape index (κ1) is 13.1. The molecule has 2 aromatic rings. The van der Waals surface area contributed by atoms with E-state index in [0.29, 0.717) is 18.2 Å². The van der Waals surface area contributed by atoms with Crippen molar-refractivity contribution in [1.29, 1.82) is 0 Å². The summed E-state index contributed by atoms with van der Waals surface area (Å²) in [5.41, 5.74) is 7.24. The predicted molar refractivity (Wildman–Crippen MR) is 76.3 cm³/mol. The maximum absolute atomic E-state index is 9.27. The van der Waals surface area contributed by atoms with Crippen LogP contribution in [0.15, 0.2) is 24.3 Å². The molecule has 5 heteroatoms. The lowest BCUT2D eigenvalue weighted by Crippen LogP contribution is -2.15. The summed E-state index contributed by atoms with van der Waals surface area (Å²) in [5.74, 6) is 2.46. The number of phenolic OH excluding ortho intramolecular Hbond substituents is 1. The molecule has 0 spiro atoms. The van der Waals surface area contributed by atoms with Crippen molar-refractivity contribution in [3.05, 3.63) is 41.5 Å². The van der Waals surface area contributed by atoms with Crippen LogP contribution in [0.2, 0.25) is 0 Å². The average molecular weight is 272 g/mol. The van der Waals surface area contributed by atoms with Gasteiger partial charge in [0.15, 0.2) is 5.82 Å². The summed E-state index contributed by atoms with van der Waals surface area (Å²) in [6, 6.07) is 6.87. The Balaban J connectivity index is 1.67. The van der Waals surface area contributed by atoms with Gasteiger partial charge in [-0.15, -0.1) is 0 Å². The molecule has 1 unspecified atom stereocenters. The molecule has 20 heavy (non-hydrogen) atoms. The second kappa shape index (κ2) is 5.63. The SMILES string of the molecule is NC(Cc1ccc(O)cc1)c1n[nH]c(C2CCCC2)n1. The van der Waals surface area contributed by atoms with Crippen molar-refractivity contribution in [1.82, 2.24) is 15.2 Å². The predicted octanol–water partition coefficient (Wildman–Crippen LogP) is 2.41. The van der Waals surface area contributed by atoms with E-state index in [2.05, 4.69) is 15.2 Å². The van der Waals surface area contributed by atoms with E-state index in [9.17, 15) is 5.11 Å². The summed E-state index contributed by atoms with van der Waals surface area (Å²) in [6.45, 7) is 0. The van der Waals surface area contributed by atoms with Gasteiger partial charge in [0.25, 0.3) is 0 Å². The Morgan fingerprint density at radius 1 is 1.25 bits per heavy atom. The van der Waals surface area contributed by atoms with E-state index in [-0.39, 0.29) is 11.8 Å². The van der Waals surface area contributed by atoms with Gasteiger partial charge in [0, 0.05) is 5.92 Å². The molecule has 5 nitrogen and oxygen atoms in total. The molecule has 1 heterocycles. The average Bonchev–Trinajstić information content (AvgIpc) is 3.11. The van der Waals surface area contributed by atoms with E-state index in [4.69, 9.17) is 5.73 Å². The van der Waals surface area contributed by atoms with E-state index in [1.807, 2.05) is 12.1 Å². The van der Waals surface area contributed by atoms with Crippen molar-refractivity contribution in [3.63, 3.8) is 0 Å². The Labute approximate surface area is 118 Å². The monoisotopic (exact) mass is 272 g/mol. The summed E-state index contributed by atoms with van der Waals surface area (Å²) in [5, 5.41) is 16.6. The van der Waals surface area contributed by atoms with Crippen molar-refractivity contribution < 1.29 is 5.11 Å². The number of phenols is 1. The van der Waals surface area contributed by atoms with Gasteiger partial charge in [0.2, 0.25) is 0 Å². The molecular formula is C15H20N4O. The summed E-state index contributed by atoms with van der Waals surface area (Å²) < 4.78 is 0. The van der Waals surface area contributed by atoms with Crippen LogP contribution in [0.4, 0.5) is 0 Å². The number of nitrogens with two attached hydrogens (primary N) is 1. The van der Waals surface area contributed by atoms with Gasteiger partial charge < -0.3 is 10.8 Å². The second-order valence-electron chi connectivity index (χ2n) is 5.54. The Bertz CT molecular complexity index is 558. The van der Waals surface area contributed by atoms with Crippen LogP contribution in [-0.4, -0.2) is 20.3 Å². The summed E-state index contributed by atoms with van der Waals surface area (Å²) in [6.07, 6.45) is 5.62. The molecule has 3 rings (SSSR count). The topological polar surface area (TPSA) is 87.8 Å². The fraction of sp³-hybridized carbons (Fsp3) is 0.467. The molecule has 1 aliphatic carbocycles. The molecule has 1 saturated carbocycles. The Morgan fingerprint density at radius 2 is 1.95 bits per heavy atom. The maximum atomic E-state index is 9.27. The van der Waals surface area contributed by atoms with Gasteiger partial charge in [-0.25, -0.2) is 4.98 Å². The second-order valence-corrected chi connectivity index (χ2v) is 5.54. The van der Waals surface area contributed by atoms with Crippen LogP contribution < -0.4 is 5.73 Å². The van der Waals surface area contributed by atoms with Gasteiger partial charge in [-0.05, 0) is 37.0 Å². The highest BCUT2D eigenvalue weighted by Crippen LogP contribution is 2.32. The first-order valence-electron chi connectivity index (χ1n) is 7.18. The minimum absolute atomic E-state index is 0.217. The first-order valence-corrected chi connectivity index (χ1v) is 7.18. The number of aromatic hydroxyl groups is 1. The van der Waals surface area contributed by atoms with Gasteiger partial charge in [0.05, 0.1) is 6.04 Å². The van der Waals surface area contributed by atoms with Crippen LogP contribution in [0.3, 0.4) is 0 Å². The molecule has 0 saturated heterocycles. The number of aromatic nitrogens is 3. The standard InChI is InChI=1S/C15H20N4O/c16-13(9-10-5-7-12(20)8-6-10)15-17-14(18-19-15)11-3-1-2-4-11/h5-8,11,13,20H,1-4,9,16H2,(H,17,18,19). The Hall–Kier alpha value is -1.88. The van der Waals surface area contributed by atoms with Crippen LogP contribution in [0, 0.1) is 0 Å². The highest BCUT2D eigenvalue weighted by Gasteiger charge is 2.22. The molecule has 0 aliphatic heterocycles.